The van der Waals surface area contributed by atoms with Crippen molar-refractivity contribution in [2.45, 2.75) is 38.6 Å². The Morgan fingerprint density at radius 2 is 2.47 bits per heavy atom. The quantitative estimate of drug-likeness (QED) is 0.779. The highest BCUT2D eigenvalue weighted by molar-refractivity contribution is 8.13. The van der Waals surface area contributed by atoms with Crippen molar-refractivity contribution < 1.29 is 9.53 Å². The van der Waals surface area contributed by atoms with Crippen molar-refractivity contribution in [1.82, 2.24) is 5.32 Å². The first kappa shape index (κ1) is 12.7. The number of esters is 1. The minimum Gasteiger partial charge on any atom is -0.466 e. The van der Waals surface area contributed by atoms with Gasteiger partial charge in [0.15, 0.2) is 5.17 Å². The maximum absolute atomic E-state index is 11.1. The van der Waals surface area contributed by atoms with Gasteiger partial charge in [-0.25, -0.2) is 0 Å². The summed E-state index contributed by atoms with van der Waals surface area (Å²) in [4.78, 5) is 15.6. The molecular weight excluding hydrogens is 236 g/mol. The highest BCUT2D eigenvalue weighted by Gasteiger charge is 2.31. The average Bonchev–Trinajstić information content (AvgIpc) is 2.76. The summed E-state index contributed by atoms with van der Waals surface area (Å²) in [7, 11) is 0. The van der Waals surface area contributed by atoms with Crippen LogP contribution in [0.15, 0.2) is 4.99 Å². The molecule has 0 radical (unpaired) electrons. The lowest BCUT2D eigenvalue weighted by molar-refractivity contribution is -0.142. The van der Waals surface area contributed by atoms with Crippen LogP contribution in [-0.4, -0.2) is 36.1 Å². The van der Waals surface area contributed by atoms with E-state index in [9.17, 15) is 4.79 Å². The van der Waals surface area contributed by atoms with E-state index in [1.54, 1.807) is 11.8 Å². The van der Waals surface area contributed by atoms with Crippen molar-refractivity contribution in [3.05, 3.63) is 0 Å². The van der Waals surface area contributed by atoms with E-state index in [1.807, 2.05) is 6.92 Å². The molecule has 0 bridgehead atoms. The highest BCUT2D eigenvalue weighted by atomic mass is 32.2. The van der Waals surface area contributed by atoms with Crippen LogP contribution in [0.1, 0.15) is 32.6 Å². The Morgan fingerprint density at radius 1 is 1.59 bits per heavy atom. The van der Waals surface area contributed by atoms with Crippen molar-refractivity contribution >= 4 is 22.9 Å². The third-order valence-corrected chi connectivity index (χ3v) is 4.39. The van der Waals surface area contributed by atoms with E-state index in [-0.39, 0.29) is 5.97 Å². The van der Waals surface area contributed by atoms with Gasteiger partial charge in [0.2, 0.25) is 0 Å². The largest absolute Gasteiger partial charge is 0.466 e. The van der Waals surface area contributed by atoms with Crippen molar-refractivity contribution in [3.63, 3.8) is 0 Å². The molecule has 2 fully saturated rings. The number of amidine groups is 1. The summed E-state index contributed by atoms with van der Waals surface area (Å²) >= 11 is 1.79. The van der Waals surface area contributed by atoms with Crippen LogP contribution >= 0.6 is 11.8 Å². The third kappa shape index (κ3) is 3.63. The predicted octanol–water partition coefficient (Wildman–Crippen LogP) is 1.80. The summed E-state index contributed by atoms with van der Waals surface area (Å²) in [6, 6.07) is 0.623. The van der Waals surface area contributed by atoms with E-state index in [0.717, 1.165) is 11.1 Å². The Labute approximate surface area is 107 Å². The first-order valence-electron chi connectivity index (χ1n) is 6.39. The van der Waals surface area contributed by atoms with Gasteiger partial charge in [-0.05, 0) is 25.7 Å². The number of nitrogens with one attached hydrogen (secondary N) is 1. The van der Waals surface area contributed by atoms with Crippen molar-refractivity contribution in [2.75, 3.05) is 18.9 Å². The topological polar surface area (TPSA) is 50.7 Å². The minimum atomic E-state index is -0.156. The molecule has 0 amide bonds. The number of carbonyl (C=O) groups is 1. The molecule has 1 aliphatic carbocycles. The summed E-state index contributed by atoms with van der Waals surface area (Å²) in [5.41, 5.74) is 0. The highest BCUT2D eigenvalue weighted by Crippen LogP contribution is 2.32. The van der Waals surface area contributed by atoms with Crippen molar-refractivity contribution in [1.29, 1.82) is 0 Å². The molecule has 0 spiro atoms. The Balaban J connectivity index is 1.73. The van der Waals surface area contributed by atoms with Gasteiger partial charge in [0.25, 0.3) is 0 Å². The Hall–Kier alpha value is -0.710. The molecule has 2 unspecified atom stereocenters. The number of hydrogen-bond acceptors (Lipinski definition) is 4. The molecule has 2 atom stereocenters. The molecule has 1 aliphatic heterocycles. The summed E-state index contributed by atoms with van der Waals surface area (Å²) < 4.78 is 4.87. The molecule has 4 nitrogen and oxygen atoms in total. The molecule has 17 heavy (non-hydrogen) atoms. The van der Waals surface area contributed by atoms with Crippen LogP contribution in [-0.2, 0) is 9.53 Å². The van der Waals surface area contributed by atoms with Crippen LogP contribution in [0.25, 0.3) is 0 Å². The Morgan fingerprint density at radius 3 is 3.29 bits per heavy atom. The van der Waals surface area contributed by atoms with E-state index in [4.69, 9.17) is 4.74 Å². The lowest BCUT2D eigenvalue weighted by Crippen LogP contribution is -2.41. The SMILES string of the molecule is CCOC(=O)CCN=C1NC2CCCC2CS1. The number of thioether (sulfide) groups is 1. The molecular formula is C12H20N2O2S. The zero-order valence-electron chi connectivity index (χ0n) is 10.3. The number of fused-ring (bicyclic) bond motifs is 1. The second kappa shape index (κ2) is 6.28. The van der Waals surface area contributed by atoms with E-state index in [2.05, 4.69) is 10.3 Å². The molecule has 96 valence electrons. The summed E-state index contributed by atoms with van der Waals surface area (Å²) in [5.74, 6) is 1.84. The monoisotopic (exact) mass is 256 g/mol. The van der Waals surface area contributed by atoms with Crippen molar-refractivity contribution in [2.24, 2.45) is 10.9 Å². The van der Waals surface area contributed by atoms with Gasteiger partial charge in [0, 0.05) is 11.8 Å². The fourth-order valence-electron chi connectivity index (χ4n) is 2.39. The lowest BCUT2D eigenvalue weighted by atomic mass is 10.1. The molecule has 1 N–H and O–H groups in total. The fourth-order valence-corrected chi connectivity index (χ4v) is 3.57. The van der Waals surface area contributed by atoms with Crippen LogP contribution in [0.4, 0.5) is 0 Å². The second-order valence-corrected chi connectivity index (χ2v) is 5.50. The van der Waals surface area contributed by atoms with Crippen LogP contribution in [0.3, 0.4) is 0 Å². The predicted molar refractivity (Wildman–Crippen MR) is 70.3 cm³/mol. The minimum absolute atomic E-state index is 0.156. The number of ether oxygens (including phenoxy) is 1. The molecule has 0 aromatic carbocycles. The van der Waals surface area contributed by atoms with E-state index >= 15 is 0 Å². The Bertz CT molecular complexity index is 307. The first-order chi connectivity index (χ1) is 8.29. The standard InChI is InChI=1S/C12H20N2O2S/c1-2-16-11(15)6-7-13-12-14-10-5-3-4-9(10)8-17-12/h9-10H,2-8H2,1H3,(H,13,14). The fraction of sp³-hybridized carbons (Fsp3) is 0.833. The smallest absolute Gasteiger partial charge is 0.307 e. The van der Waals surface area contributed by atoms with Crippen LogP contribution in [0.2, 0.25) is 0 Å². The zero-order valence-corrected chi connectivity index (χ0v) is 11.1. The van der Waals surface area contributed by atoms with Gasteiger partial charge in [0.05, 0.1) is 19.6 Å². The van der Waals surface area contributed by atoms with Gasteiger partial charge in [-0.3, -0.25) is 9.79 Å². The van der Waals surface area contributed by atoms with Crippen molar-refractivity contribution in [3.8, 4) is 0 Å². The molecule has 2 rings (SSSR count). The molecule has 1 saturated heterocycles. The van der Waals surface area contributed by atoms with Gasteiger partial charge in [-0.1, -0.05) is 18.2 Å². The molecule has 0 aromatic heterocycles. The lowest BCUT2D eigenvalue weighted by Gasteiger charge is -2.27. The molecule has 2 aliphatic rings. The first-order valence-corrected chi connectivity index (χ1v) is 7.37. The number of carbonyl (C=O) groups excluding carboxylic acids is 1. The second-order valence-electron chi connectivity index (χ2n) is 4.49. The summed E-state index contributed by atoms with van der Waals surface area (Å²) in [6.07, 6.45) is 4.33. The number of aliphatic imine (C=N–C) groups is 1. The van der Waals surface area contributed by atoms with Crippen LogP contribution in [0, 0.1) is 5.92 Å². The zero-order chi connectivity index (χ0) is 12.1. The molecule has 1 heterocycles. The molecule has 0 aromatic rings. The van der Waals surface area contributed by atoms with Gasteiger partial charge in [-0.2, -0.15) is 0 Å². The number of rotatable bonds is 4. The van der Waals surface area contributed by atoms with E-state index < -0.39 is 0 Å². The van der Waals surface area contributed by atoms with Crippen LogP contribution < -0.4 is 5.32 Å². The average molecular weight is 256 g/mol. The molecule has 1 saturated carbocycles. The number of hydrogen-bond donors (Lipinski definition) is 1. The van der Waals surface area contributed by atoms with E-state index in [0.29, 0.717) is 25.6 Å². The number of nitrogens with zero attached hydrogens (tertiary/aromatic N) is 1. The Kier molecular flexibility index (Phi) is 4.71. The van der Waals surface area contributed by atoms with Gasteiger partial charge in [0.1, 0.15) is 0 Å². The normalized spacial score (nSPS) is 29.8. The maximum Gasteiger partial charge on any atom is 0.307 e. The van der Waals surface area contributed by atoms with E-state index in [1.165, 1.54) is 25.0 Å². The van der Waals surface area contributed by atoms with Gasteiger partial charge >= 0.3 is 5.97 Å². The molecule has 5 heteroatoms. The maximum atomic E-state index is 11.1. The van der Waals surface area contributed by atoms with Gasteiger partial charge < -0.3 is 10.1 Å². The van der Waals surface area contributed by atoms with Crippen LogP contribution in [0.5, 0.6) is 0 Å². The van der Waals surface area contributed by atoms with Gasteiger partial charge in [-0.15, -0.1) is 0 Å². The summed E-state index contributed by atoms with van der Waals surface area (Å²) in [6.45, 7) is 2.81. The summed E-state index contributed by atoms with van der Waals surface area (Å²) in [5, 5.41) is 4.49. The third-order valence-electron chi connectivity index (χ3n) is 3.28.